The van der Waals surface area contributed by atoms with E-state index in [0.717, 1.165) is 12.8 Å². The average Bonchev–Trinajstić information content (AvgIpc) is 2.70. The van der Waals surface area contributed by atoms with Gasteiger partial charge in [0.25, 0.3) is 0 Å². The molecule has 0 radical (unpaired) electrons. The number of nitrogens with zero attached hydrogens (tertiary/aromatic N) is 2. The first-order valence-electron chi connectivity index (χ1n) is 6.19. The predicted molar refractivity (Wildman–Crippen MR) is 67.6 cm³/mol. The summed E-state index contributed by atoms with van der Waals surface area (Å²) in [6.45, 7) is 6.92. The second kappa shape index (κ2) is 6.49. The summed E-state index contributed by atoms with van der Waals surface area (Å²) < 4.78 is 4.82. The van der Waals surface area contributed by atoms with Gasteiger partial charge in [-0.3, -0.25) is 4.79 Å². The zero-order valence-corrected chi connectivity index (χ0v) is 11.3. The second-order valence-electron chi connectivity index (χ2n) is 5.21. The Kier molecular flexibility index (Phi) is 5.27. The molecule has 0 unspecified atom stereocenters. The summed E-state index contributed by atoms with van der Waals surface area (Å²) in [5.41, 5.74) is 5.64. The van der Waals surface area contributed by atoms with Crippen molar-refractivity contribution in [2.45, 2.75) is 46.6 Å². The highest BCUT2D eigenvalue weighted by Crippen LogP contribution is 2.25. The average molecular weight is 254 g/mol. The Morgan fingerprint density at radius 2 is 2.17 bits per heavy atom. The number of hydrogen-bond acceptors (Lipinski definition) is 5. The highest BCUT2D eigenvalue weighted by atomic mass is 16.5. The summed E-state index contributed by atoms with van der Waals surface area (Å²) in [5, 5.41) is 6.48. The molecule has 0 aliphatic carbocycles. The third-order valence-electron chi connectivity index (χ3n) is 2.86. The van der Waals surface area contributed by atoms with Crippen LogP contribution in [0.3, 0.4) is 0 Å². The summed E-state index contributed by atoms with van der Waals surface area (Å²) in [7, 11) is 0. The van der Waals surface area contributed by atoms with E-state index in [9.17, 15) is 4.79 Å². The number of hydrogen-bond donors (Lipinski definition) is 2. The first kappa shape index (κ1) is 14.6. The van der Waals surface area contributed by atoms with E-state index in [0.29, 0.717) is 31.2 Å². The van der Waals surface area contributed by atoms with Crippen LogP contribution in [0.15, 0.2) is 4.52 Å². The maximum atomic E-state index is 11.6. The molecule has 1 rings (SSSR count). The minimum absolute atomic E-state index is 0.00236. The van der Waals surface area contributed by atoms with E-state index in [2.05, 4.69) is 29.3 Å². The number of rotatable bonds is 7. The van der Waals surface area contributed by atoms with Crippen molar-refractivity contribution >= 4 is 5.91 Å². The number of carbonyl (C=O) groups excluding carboxylic acids is 1. The highest BCUT2D eigenvalue weighted by molar-refractivity contribution is 5.75. The highest BCUT2D eigenvalue weighted by Gasteiger charge is 2.18. The Hall–Kier alpha value is -1.43. The first-order chi connectivity index (χ1) is 8.43. The number of carbonyl (C=O) groups is 1. The van der Waals surface area contributed by atoms with Gasteiger partial charge in [-0.15, -0.1) is 0 Å². The van der Waals surface area contributed by atoms with Gasteiger partial charge in [0.15, 0.2) is 5.82 Å². The smallest absolute Gasteiger partial charge is 0.223 e. The van der Waals surface area contributed by atoms with Crippen molar-refractivity contribution in [3.05, 3.63) is 11.7 Å². The van der Waals surface area contributed by atoms with E-state index < -0.39 is 0 Å². The summed E-state index contributed by atoms with van der Waals surface area (Å²) in [6, 6.07) is 0. The molecule has 18 heavy (non-hydrogen) atoms. The van der Waals surface area contributed by atoms with Crippen molar-refractivity contribution < 1.29 is 9.32 Å². The molecule has 0 aliphatic rings. The fraction of sp³-hybridized carbons (Fsp3) is 0.750. The van der Waals surface area contributed by atoms with Gasteiger partial charge in [-0.25, -0.2) is 0 Å². The molecule has 0 spiro atoms. The number of aromatic nitrogens is 2. The topological polar surface area (TPSA) is 94.0 Å². The van der Waals surface area contributed by atoms with Crippen molar-refractivity contribution in [2.24, 2.45) is 11.1 Å². The summed E-state index contributed by atoms with van der Waals surface area (Å²) in [6.07, 6.45) is 2.23. The van der Waals surface area contributed by atoms with Gasteiger partial charge in [-0.05, 0) is 24.8 Å². The predicted octanol–water partition coefficient (Wildman–Crippen LogP) is 1.15. The van der Waals surface area contributed by atoms with Crippen LogP contribution in [0.2, 0.25) is 0 Å². The molecular formula is C12H22N4O2. The Labute approximate surface area is 107 Å². The zero-order chi connectivity index (χ0) is 13.6. The molecule has 1 amide bonds. The fourth-order valence-corrected chi connectivity index (χ4v) is 1.65. The number of nitrogens with one attached hydrogen (secondary N) is 1. The molecule has 0 saturated heterocycles. The molecule has 0 aliphatic heterocycles. The van der Waals surface area contributed by atoms with Crippen LogP contribution < -0.4 is 11.1 Å². The normalized spacial score (nSPS) is 11.6. The monoisotopic (exact) mass is 254 g/mol. The molecule has 1 heterocycles. The first-order valence-corrected chi connectivity index (χ1v) is 6.19. The molecule has 6 heteroatoms. The van der Waals surface area contributed by atoms with Crippen molar-refractivity contribution in [2.75, 3.05) is 6.54 Å². The third-order valence-corrected chi connectivity index (χ3v) is 2.86. The van der Waals surface area contributed by atoms with Gasteiger partial charge in [0.05, 0.1) is 6.54 Å². The van der Waals surface area contributed by atoms with E-state index in [1.54, 1.807) is 6.92 Å². The Morgan fingerprint density at radius 3 is 2.72 bits per heavy atom. The van der Waals surface area contributed by atoms with Gasteiger partial charge in [0.2, 0.25) is 11.8 Å². The molecule has 0 fully saturated rings. The minimum atomic E-state index is 0.00236. The molecule has 0 atom stereocenters. The van der Waals surface area contributed by atoms with Crippen LogP contribution in [0.4, 0.5) is 0 Å². The van der Waals surface area contributed by atoms with Crippen molar-refractivity contribution in [1.82, 2.24) is 15.5 Å². The molecule has 102 valence electrons. The van der Waals surface area contributed by atoms with Gasteiger partial charge < -0.3 is 15.6 Å². The standard InChI is InChI=1S/C12H22N4O2/c1-9-15-10(16-18-9)8-14-11(17)4-5-12(2,3)6-7-13/h4-8,13H2,1-3H3,(H,14,17). The van der Waals surface area contributed by atoms with E-state index >= 15 is 0 Å². The van der Waals surface area contributed by atoms with Gasteiger partial charge in [-0.2, -0.15) is 4.98 Å². The van der Waals surface area contributed by atoms with Crippen molar-refractivity contribution in [1.29, 1.82) is 0 Å². The molecular weight excluding hydrogens is 232 g/mol. The lowest BCUT2D eigenvalue weighted by Crippen LogP contribution is -2.26. The quantitative estimate of drug-likeness (QED) is 0.761. The summed E-state index contributed by atoms with van der Waals surface area (Å²) >= 11 is 0. The van der Waals surface area contributed by atoms with Crippen LogP contribution in [0.5, 0.6) is 0 Å². The SMILES string of the molecule is Cc1nc(CNC(=O)CCC(C)(C)CCN)no1. The number of aryl methyl sites for hydroxylation is 1. The second-order valence-corrected chi connectivity index (χ2v) is 5.21. The third kappa shape index (κ3) is 5.27. The van der Waals surface area contributed by atoms with Crippen LogP contribution in [-0.2, 0) is 11.3 Å². The molecule has 3 N–H and O–H groups in total. The zero-order valence-electron chi connectivity index (χ0n) is 11.3. The Bertz CT molecular complexity index is 387. The van der Waals surface area contributed by atoms with Crippen LogP contribution in [0, 0.1) is 12.3 Å². The van der Waals surface area contributed by atoms with E-state index in [1.807, 2.05) is 0 Å². The maximum absolute atomic E-state index is 11.6. The number of amides is 1. The molecule has 1 aromatic heterocycles. The largest absolute Gasteiger partial charge is 0.349 e. The van der Waals surface area contributed by atoms with Crippen molar-refractivity contribution in [3.63, 3.8) is 0 Å². The van der Waals surface area contributed by atoms with Crippen LogP contribution in [0.1, 0.15) is 44.8 Å². The van der Waals surface area contributed by atoms with Crippen molar-refractivity contribution in [3.8, 4) is 0 Å². The lowest BCUT2D eigenvalue weighted by Gasteiger charge is -2.23. The van der Waals surface area contributed by atoms with E-state index in [-0.39, 0.29) is 11.3 Å². The van der Waals surface area contributed by atoms with Gasteiger partial charge in [0.1, 0.15) is 0 Å². The van der Waals surface area contributed by atoms with Crippen LogP contribution in [0.25, 0.3) is 0 Å². The molecule has 0 aromatic carbocycles. The molecule has 0 saturated carbocycles. The van der Waals surface area contributed by atoms with Gasteiger partial charge >= 0.3 is 0 Å². The molecule has 6 nitrogen and oxygen atoms in total. The minimum Gasteiger partial charge on any atom is -0.349 e. The Morgan fingerprint density at radius 1 is 1.44 bits per heavy atom. The van der Waals surface area contributed by atoms with Gasteiger partial charge in [-0.1, -0.05) is 19.0 Å². The van der Waals surface area contributed by atoms with E-state index in [1.165, 1.54) is 0 Å². The van der Waals surface area contributed by atoms with Crippen LogP contribution in [-0.4, -0.2) is 22.6 Å². The lowest BCUT2D eigenvalue weighted by atomic mass is 9.84. The lowest BCUT2D eigenvalue weighted by molar-refractivity contribution is -0.121. The maximum Gasteiger partial charge on any atom is 0.223 e. The fourth-order valence-electron chi connectivity index (χ4n) is 1.65. The van der Waals surface area contributed by atoms with E-state index in [4.69, 9.17) is 10.3 Å². The Balaban J connectivity index is 2.26. The van der Waals surface area contributed by atoms with Gasteiger partial charge in [0, 0.05) is 13.3 Å². The van der Waals surface area contributed by atoms with Crippen LogP contribution >= 0.6 is 0 Å². The molecule has 1 aromatic rings. The number of nitrogens with two attached hydrogens (primary N) is 1. The summed E-state index contributed by atoms with van der Waals surface area (Å²) in [5.74, 6) is 1.01. The molecule has 0 bridgehead atoms. The summed E-state index contributed by atoms with van der Waals surface area (Å²) in [4.78, 5) is 15.7.